The van der Waals surface area contributed by atoms with Crippen molar-refractivity contribution in [2.75, 3.05) is 18.1 Å². The van der Waals surface area contributed by atoms with Gasteiger partial charge < -0.3 is 9.72 Å². The third-order valence-corrected chi connectivity index (χ3v) is 5.77. The smallest absolute Gasteiger partial charge is 0.266 e. The van der Waals surface area contributed by atoms with Crippen LogP contribution in [0.25, 0.3) is 32.1 Å². The zero-order chi connectivity index (χ0) is 19.2. The zero-order valence-electron chi connectivity index (χ0n) is 14.6. The van der Waals surface area contributed by atoms with E-state index in [0.717, 1.165) is 33.7 Å². The van der Waals surface area contributed by atoms with Gasteiger partial charge in [-0.15, -0.1) is 11.3 Å². The molecule has 2 aromatic carbocycles. The standard InChI is InChI=1S/C19H16N2O4S2/c1-25-15-8-7-14-17(13-9-10-26-18(13)19(22)20-14)16(15)11-3-5-12(6-4-11)21-27(2,23)24/h3-10,21H,1-2H3,(H,20,22). The van der Waals surface area contributed by atoms with Crippen LogP contribution in [0.2, 0.25) is 0 Å². The van der Waals surface area contributed by atoms with E-state index in [4.69, 9.17) is 4.74 Å². The molecule has 0 saturated heterocycles. The van der Waals surface area contributed by atoms with Crippen molar-refractivity contribution in [3.05, 3.63) is 58.2 Å². The second-order valence-electron chi connectivity index (χ2n) is 6.13. The molecule has 0 aliphatic heterocycles. The van der Waals surface area contributed by atoms with Crippen molar-refractivity contribution in [2.24, 2.45) is 0 Å². The van der Waals surface area contributed by atoms with Gasteiger partial charge in [-0.25, -0.2) is 8.42 Å². The minimum Gasteiger partial charge on any atom is -0.496 e. The molecular weight excluding hydrogens is 384 g/mol. The molecule has 0 bridgehead atoms. The summed E-state index contributed by atoms with van der Waals surface area (Å²) >= 11 is 1.39. The van der Waals surface area contributed by atoms with Gasteiger partial charge in [0.2, 0.25) is 10.0 Å². The summed E-state index contributed by atoms with van der Waals surface area (Å²) in [5.74, 6) is 0.672. The molecule has 6 nitrogen and oxygen atoms in total. The van der Waals surface area contributed by atoms with Crippen LogP contribution in [-0.4, -0.2) is 26.8 Å². The molecule has 138 valence electrons. The number of benzene rings is 2. The van der Waals surface area contributed by atoms with Gasteiger partial charge in [0.25, 0.3) is 5.56 Å². The van der Waals surface area contributed by atoms with Crippen LogP contribution in [0.5, 0.6) is 5.75 Å². The Morgan fingerprint density at radius 3 is 2.48 bits per heavy atom. The molecule has 27 heavy (non-hydrogen) atoms. The first kappa shape index (κ1) is 17.6. The van der Waals surface area contributed by atoms with E-state index >= 15 is 0 Å². The first-order valence-electron chi connectivity index (χ1n) is 8.06. The number of sulfonamides is 1. The number of ether oxygens (including phenoxy) is 1. The molecule has 4 rings (SSSR count). The number of aromatic amines is 1. The van der Waals surface area contributed by atoms with Gasteiger partial charge in [-0.2, -0.15) is 0 Å². The Bertz CT molecular complexity index is 1320. The summed E-state index contributed by atoms with van der Waals surface area (Å²) in [5, 5.41) is 3.65. The molecule has 0 aliphatic rings. The number of nitrogens with one attached hydrogen (secondary N) is 2. The summed E-state index contributed by atoms with van der Waals surface area (Å²) < 4.78 is 31.5. The third-order valence-electron chi connectivity index (χ3n) is 4.25. The summed E-state index contributed by atoms with van der Waals surface area (Å²) in [6.07, 6.45) is 1.11. The van der Waals surface area contributed by atoms with Crippen LogP contribution in [0.3, 0.4) is 0 Å². The lowest BCUT2D eigenvalue weighted by Gasteiger charge is -2.14. The van der Waals surface area contributed by atoms with Crippen LogP contribution in [0, 0.1) is 0 Å². The number of anilines is 1. The molecular formula is C19H16N2O4S2. The molecule has 0 aliphatic carbocycles. The van der Waals surface area contributed by atoms with Gasteiger partial charge >= 0.3 is 0 Å². The molecule has 0 unspecified atom stereocenters. The highest BCUT2D eigenvalue weighted by molar-refractivity contribution is 7.92. The van der Waals surface area contributed by atoms with Crippen molar-refractivity contribution in [1.29, 1.82) is 0 Å². The fourth-order valence-electron chi connectivity index (χ4n) is 3.20. The molecule has 0 fully saturated rings. The van der Waals surface area contributed by atoms with Gasteiger partial charge in [-0.05, 0) is 41.3 Å². The maximum atomic E-state index is 12.3. The topological polar surface area (TPSA) is 88.3 Å². The summed E-state index contributed by atoms with van der Waals surface area (Å²) in [4.78, 5) is 15.2. The minimum atomic E-state index is -3.34. The van der Waals surface area contributed by atoms with Crippen LogP contribution in [0.15, 0.2) is 52.6 Å². The number of rotatable bonds is 4. The maximum absolute atomic E-state index is 12.3. The number of hydrogen-bond donors (Lipinski definition) is 2. The highest BCUT2D eigenvalue weighted by Gasteiger charge is 2.16. The van der Waals surface area contributed by atoms with Gasteiger partial charge in [0.05, 0.1) is 13.4 Å². The van der Waals surface area contributed by atoms with Gasteiger partial charge in [0.15, 0.2) is 0 Å². The van der Waals surface area contributed by atoms with E-state index in [1.165, 1.54) is 11.3 Å². The summed E-state index contributed by atoms with van der Waals surface area (Å²) in [5.41, 5.74) is 2.79. The lowest BCUT2D eigenvalue weighted by molar-refractivity contribution is 0.417. The van der Waals surface area contributed by atoms with Gasteiger partial charge in [-0.3, -0.25) is 9.52 Å². The highest BCUT2D eigenvalue weighted by atomic mass is 32.2. The van der Waals surface area contributed by atoms with Gasteiger partial charge in [0.1, 0.15) is 10.4 Å². The lowest BCUT2D eigenvalue weighted by atomic mass is 9.97. The quantitative estimate of drug-likeness (QED) is 0.545. The third kappa shape index (κ3) is 3.17. The van der Waals surface area contributed by atoms with Crippen LogP contribution in [0.4, 0.5) is 5.69 Å². The Morgan fingerprint density at radius 1 is 1.07 bits per heavy atom. The van der Waals surface area contributed by atoms with Crippen LogP contribution in [-0.2, 0) is 10.0 Å². The average Bonchev–Trinajstić information content (AvgIpc) is 3.11. The van der Waals surface area contributed by atoms with Crippen molar-refractivity contribution >= 4 is 48.0 Å². The monoisotopic (exact) mass is 400 g/mol. The van der Waals surface area contributed by atoms with E-state index in [2.05, 4.69) is 9.71 Å². The van der Waals surface area contributed by atoms with E-state index in [0.29, 0.717) is 16.1 Å². The van der Waals surface area contributed by atoms with Crippen molar-refractivity contribution < 1.29 is 13.2 Å². The SMILES string of the molecule is COc1ccc2[nH]c(=O)c3sccc3c2c1-c1ccc(NS(C)(=O)=O)cc1. The first-order valence-corrected chi connectivity index (χ1v) is 10.8. The summed E-state index contributed by atoms with van der Waals surface area (Å²) in [6, 6.07) is 12.6. The molecule has 4 aromatic rings. The van der Waals surface area contributed by atoms with Crippen LogP contribution < -0.4 is 15.0 Å². The summed E-state index contributed by atoms with van der Waals surface area (Å²) in [6.45, 7) is 0. The minimum absolute atomic E-state index is 0.115. The Balaban J connectivity index is 2.00. The van der Waals surface area contributed by atoms with E-state index in [-0.39, 0.29) is 5.56 Å². The fraction of sp³-hybridized carbons (Fsp3) is 0.105. The Hall–Kier alpha value is -2.84. The number of aromatic nitrogens is 1. The van der Waals surface area contributed by atoms with E-state index in [1.807, 2.05) is 35.7 Å². The molecule has 8 heteroatoms. The molecule has 2 aromatic heterocycles. The van der Waals surface area contributed by atoms with Gasteiger partial charge in [-0.1, -0.05) is 12.1 Å². The highest BCUT2D eigenvalue weighted by Crippen LogP contribution is 2.40. The number of pyridine rings is 1. The Kier molecular flexibility index (Phi) is 4.16. The molecule has 2 heterocycles. The second kappa shape index (κ2) is 6.40. The van der Waals surface area contributed by atoms with Crippen LogP contribution in [0.1, 0.15) is 0 Å². The summed E-state index contributed by atoms with van der Waals surface area (Å²) in [7, 11) is -1.74. The molecule has 0 atom stereocenters. The van der Waals surface area contributed by atoms with Crippen molar-refractivity contribution in [1.82, 2.24) is 4.98 Å². The predicted octanol–water partition coefficient (Wildman–Crippen LogP) is 3.79. The Morgan fingerprint density at radius 2 is 1.81 bits per heavy atom. The normalized spacial score (nSPS) is 11.8. The lowest BCUT2D eigenvalue weighted by Crippen LogP contribution is -2.09. The van der Waals surface area contributed by atoms with E-state index in [1.54, 1.807) is 19.2 Å². The van der Waals surface area contributed by atoms with Crippen molar-refractivity contribution in [3.8, 4) is 16.9 Å². The second-order valence-corrected chi connectivity index (χ2v) is 8.80. The zero-order valence-corrected chi connectivity index (χ0v) is 16.2. The molecule has 0 amide bonds. The molecule has 2 N–H and O–H groups in total. The van der Waals surface area contributed by atoms with Gasteiger partial charge in [0, 0.05) is 27.5 Å². The Labute approximate surface area is 159 Å². The largest absolute Gasteiger partial charge is 0.496 e. The number of methoxy groups -OCH3 is 1. The number of thiophene rings is 1. The first-order chi connectivity index (χ1) is 12.9. The maximum Gasteiger partial charge on any atom is 0.266 e. The van der Waals surface area contributed by atoms with E-state index in [9.17, 15) is 13.2 Å². The fourth-order valence-corrected chi connectivity index (χ4v) is 4.56. The van der Waals surface area contributed by atoms with Crippen molar-refractivity contribution in [2.45, 2.75) is 0 Å². The number of H-pyrrole nitrogens is 1. The predicted molar refractivity (Wildman–Crippen MR) is 110 cm³/mol. The number of fused-ring (bicyclic) bond motifs is 3. The molecule has 0 radical (unpaired) electrons. The number of hydrogen-bond acceptors (Lipinski definition) is 5. The average molecular weight is 400 g/mol. The van der Waals surface area contributed by atoms with Crippen molar-refractivity contribution in [3.63, 3.8) is 0 Å². The van der Waals surface area contributed by atoms with E-state index < -0.39 is 10.0 Å². The van der Waals surface area contributed by atoms with Crippen LogP contribution >= 0.6 is 11.3 Å². The molecule has 0 saturated carbocycles. The molecule has 0 spiro atoms.